The number of thiophene rings is 1. The van der Waals surface area contributed by atoms with Crippen LogP contribution < -0.4 is 10.6 Å². The number of hydrogen-bond donors (Lipinski definition) is 2. The van der Waals surface area contributed by atoms with Crippen molar-refractivity contribution in [3.63, 3.8) is 0 Å². The Bertz CT molecular complexity index is 1040. The summed E-state index contributed by atoms with van der Waals surface area (Å²) in [5, 5.41) is 6.95. The van der Waals surface area contributed by atoms with Crippen LogP contribution >= 0.6 is 35.2 Å². The monoisotopic (exact) mass is 456 g/mol. The van der Waals surface area contributed by atoms with Gasteiger partial charge in [-0.15, -0.1) is 11.3 Å². The number of aromatic nitrogens is 1. The molecule has 0 aliphatic carbocycles. The van der Waals surface area contributed by atoms with Gasteiger partial charge in [0.2, 0.25) is 5.91 Å². The van der Waals surface area contributed by atoms with Gasteiger partial charge in [-0.05, 0) is 55.5 Å². The lowest BCUT2D eigenvalue weighted by atomic mass is 10.0. The fraction of sp³-hybridized carbons (Fsp3) is 0.227. The van der Waals surface area contributed by atoms with Gasteiger partial charge in [-0.3, -0.25) is 9.78 Å². The predicted octanol–water partition coefficient (Wildman–Crippen LogP) is 5.11. The van der Waals surface area contributed by atoms with E-state index in [1.165, 1.54) is 11.3 Å². The van der Waals surface area contributed by atoms with Crippen molar-refractivity contribution in [3.8, 4) is 0 Å². The molecule has 3 heterocycles. The first-order valence-corrected chi connectivity index (χ1v) is 11.2. The summed E-state index contributed by atoms with van der Waals surface area (Å²) in [6.45, 7) is 2.51. The zero-order valence-electron chi connectivity index (χ0n) is 16.3. The van der Waals surface area contributed by atoms with Crippen LogP contribution in [0, 0.1) is 6.92 Å². The lowest BCUT2D eigenvalue weighted by molar-refractivity contribution is -0.116. The molecule has 8 heteroatoms. The lowest BCUT2D eigenvalue weighted by Gasteiger charge is -2.26. The highest BCUT2D eigenvalue weighted by Crippen LogP contribution is 2.42. The second-order valence-electron chi connectivity index (χ2n) is 7.13. The summed E-state index contributed by atoms with van der Waals surface area (Å²) in [5.74, 6) is -0.0501. The lowest BCUT2D eigenvalue weighted by Crippen LogP contribution is -2.32. The molecule has 4 rings (SSSR count). The molecule has 2 aromatic heterocycles. The first-order chi connectivity index (χ1) is 14.5. The fourth-order valence-corrected chi connectivity index (χ4v) is 5.07. The highest BCUT2D eigenvalue weighted by Gasteiger charge is 2.40. The van der Waals surface area contributed by atoms with Crippen LogP contribution in [0.2, 0.25) is 4.34 Å². The minimum Gasteiger partial charge on any atom is -0.352 e. The molecule has 2 N–H and O–H groups in total. The van der Waals surface area contributed by atoms with Crippen LogP contribution in [0.4, 0.5) is 5.69 Å². The van der Waals surface area contributed by atoms with Crippen molar-refractivity contribution >= 4 is 51.9 Å². The number of amides is 1. The van der Waals surface area contributed by atoms with E-state index in [0.29, 0.717) is 18.1 Å². The van der Waals surface area contributed by atoms with Crippen LogP contribution in [0.5, 0.6) is 0 Å². The predicted molar refractivity (Wildman–Crippen MR) is 126 cm³/mol. The molecule has 0 bridgehead atoms. The minimum atomic E-state index is -0.103. The number of nitrogens with one attached hydrogen (secondary N) is 2. The Morgan fingerprint density at radius 1 is 1.23 bits per heavy atom. The van der Waals surface area contributed by atoms with E-state index in [2.05, 4.69) is 20.5 Å². The summed E-state index contributed by atoms with van der Waals surface area (Å²) in [6, 6.07) is 17.3. The Kier molecular flexibility index (Phi) is 6.32. The topological polar surface area (TPSA) is 57.3 Å². The largest absolute Gasteiger partial charge is 0.352 e. The summed E-state index contributed by atoms with van der Waals surface area (Å²) in [5.41, 5.74) is 2.85. The van der Waals surface area contributed by atoms with Gasteiger partial charge < -0.3 is 15.5 Å². The number of halogens is 1. The summed E-state index contributed by atoms with van der Waals surface area (Å²) < 4.78 is 0.722. The normalized spacial score (nSPS) is 18.3. The standard InChI is InChI=1S/C22H21ClN4OS2/c1-14-5-7-15(8-6-14)25-19(28)11-13-27-21(17-9-10-18(23)30-17)20(26-22(27)29)16-4-2-3-12-24-16/h2-10,12,20-21H,11,13H2,1H3,(H,25,28)(H,26,29)/t20-,21-/m1/s1. The Balaban J connectivity index is 1.51. The molecule has 154 valence electrons. The van der Waals surface area contributed by atoms with Crippen LogP contribution in [0.1, 0.15) is 34.6 Å². The van der Waals surface area contributed by atoms with Gasteiger partial charge in [0, 0.05) is 29.7 Å². The maximum absolute atomic E-state index is 12.5. The average Bonchev–Trinajstić information content (AvgIpc) is 3.31. The first-order valence-electron chi connectivity index (χ1n) is 9.61. The van der Waals surface area contributed by atoms with E-state index < -0.39 is 0 Å². The van der Waals surface area contributed by atoms with Gasteiger partial charge >= 0.3 is 0 Å². The van der Waals surface area contributed by atoms with Crippen molar-refractivity contribution in [2.75, 3.05) is 11.9 Å². The van der Waals surface area contributed by atoms with Crippen molar-refractivity contribution in [2.45, 2.75) is 25.4 Å². The van der Waals surface area contributed by atoms with Crippen LogP contribution in [0.15, 0.2) is 60.8 Å². The first kappa shape index (κ1) is 20.8. The Hall–Kier alpha value is -2.48. The molecule has 5 nitrogen and oxygen atoms in total. The Morgan fingerprint density at radius 3 is 2.70 bits per heavy atom. The number of hydrogen-bond acceptors (Lipinski definition) is 4. The summed E-state index contributed by atoms with van der Waals surface area (Å²) in [7, 11) is 0. The molecule has 1 aromatic carbocycles. The number of carbonyl (C=O) groups is 1. The average molecular weight is 457 g/mol. The van der Waals surface area contributed by atoms with E-state index in [9.17, 15) is 4.79 Å². The third kappa shape index (κ3) is 4.64. The van der Waals surface area contributed by atoms with Crippen molar-refractivity contribution in [3.05, 3.63) is 81.3 Å². The summed E-state index contributed by atoms with van der Waals surface area (Å²) >= 11 is 13.4. The molecule has 2 atom stereocenters. The molecular weight excluding hydrogens is 436 g/mol. The van der Waals surface area contributed by atoms with E-state index in [1.807, 2.05) is 61.5 Å². The van der Waals surface area contributed by atoms with E-state index >= 15 is 0 Å². The van der Waals surface area contributed by atoms with E-state index in [4.69, 9.17) is 23.8 Å². The number of nitrogens with zero attached hydrogens (tertiary/aromatic N) is 2. The second-order valence-corrected chi connectivity index (χ2v) is 9.26. The maximum atomic E-state index is 12.5. The van der Waals surface area contributed by atoms with Gasteiger partial charge in [-0.1, -0.05) is 35.4 Å². The van der Waals surface area contributed by atoms with Crippen LogP contribution in [-0.2, 0) is 4.79 Å². The van der Waals surface area contributed by atoms with E-state index in [0.717, 1.165) is 26.2 Å². The molecule has 1 amide bonds. The van der Waals surface area contributed by atoms with Crippen LogP contribution in [-0.4, -0.2) is 27.4 Å². The molecule has 30 heavy (non-hydrogen) atoms. The van der Waals surface area contributed by atoms with Crippen LogP contribution in [0.25, 0.3) is 0 Å². The molecule has 1 aliphatic heterocycles. The number of anilines is 1. The molecule has 0 spiro atoms. The highest BCUT2D eigenvalue weighted by molar-refractivity contribution is 7.80. The zero-order chi connectivity index (χ0) is 21.1. The summed E-state index contributed by atoms with van der Waals surface area (Å²) in [4.78, 5) is 20.2. The number of thiocarbonyl (C=S) groups is 1. The molecule has 1 aliphatic rings. The van der Waals surface area contributed by atoms with Gasteiger partial charge in [0.05, 0.1) is 22.1 Å². The zero-order valence-corrected chi connectivity index (χ0v) is 18.7. The van der Waals surface area contributed by atoms with Gasteiger partial charge in [0.25, 0.3) is 0 Å². The van der Waals surface area contributed by atoms with Crippen molar-refractivity contribution in [1.82, 2.24) is 15.2 Å². The van der Waals surface area contributed by atoms with E-state index in [1.54, 1.807) is 6.20 Å². The molecule has 0 unspecified atom stereocenters. The second kappa shape index (κ2) is 9.12. The molecule has 0 saturated carbocycles. The Labute approximate surface area is 190 Å². The fourth-order valence-electron chi connectivity index (χ4n) is 3.52. The van der Waals surface area contributed by atoms with Crippen LogP contribution in [0.3, 0.4) is 0 Å². The van der Waals surface area contributed by atoms with Gasteiger partial charge in [-0.25, -0.2) is 0 Å². The Morgan fingerprint density at radius 2 is 2.03 bits per heavy atom. The van der Waals surface area contributed by atoms with Gasteiger partial charge in [0.1, 0.15) is 0 Å². The highest BCUT2D eigenvalue weighted by atomic mass is 35.5. The van der Waals surface area contributed by atoms with Crippen molar-refractivity contribution < 1.29 is 4.79 Å². The van der Waals surface area contributed by atoms with Gasteiger partial charge in [-0.2, -0.15) is 0 Å². The molecule has 1 fully saturated rings. The SMILES string of the molecule is Cc1ccc(NC(=O)CCN2C(=S)N[C@H](c3ccccn3)[C@H]2c2ccc(Cl)s2)cc1. The molecule has 0 radical (unpaired) electrons. The van der Waals surface area contributed by atoms with E-state index in [-0.39, 0.29) is 18.0 Å². The van der Waals surface area contributed by atoms with Gasteiger partial charge in [0.15, 0.2) is 5.11 Å². The number of rotatable bonds is 6. The molecule has 3 aromatic rings. The smallest absolute Gasteiger partial charge is 0.226 e. The van der Waals surface area contributed by atoms with Crippen molar-refractivity contribution in [2.24, 2.45) is 0 Å². The number of pyridine rings is 1. The van der Waals surface area contributed by atoms with Crippen molar-refractivity contribution in [1.29, 1.82) is 0 Å². The summed E-state index contributed by atoms with van der Waals surface area (Å²) in [6.07, 6.45) is 2.09. The number of aryl methyl sites for hydroxylation is 1. The third-order valence-electron chi connectivity index (χ3n) is 5.00. The minimum absolute atomic E-state index is 0.0501. The molecular formula is C22H21ClN4OS2. The molecule has 1 saturated heterocycles. The quantitative estimate of drug-likeness (QED) is 0.505. The third-order valence-corrected chi connectivity index (χ3v) is 6.65. The number of benzene rings is 1. The number of carbonyl (C=O) groups excluding carboxylic acids is 1. The maximum Gasteiger partial charge on any atom is 0.226 e.